The van der Waals surface area contributed by atoms with Gasteiger partial charge in [0.15, 0.2) is 0 Å². The molecule has 0 amide bonds. The summed E-state index contributed by atoms with van der Waals surface area (Å²) in [5.41, 5.74) is 3.34. The third kappa shape index (κ3) is 6.44. The van der Waals surface area contributed by atoms with Crippen LogP contribution in [0.4, 0.5) is 17.5 Å². The zero-order valence-electron chi connectivity index (χ0n) is 20.0. The summed E-state index contributed by atoms with van der Waals surface area (Å²) in [6.45, 7) is 8.03. The van der Waals surface area contributed by atoms with Gasteiger partial charge in [0.1, 0.15) is 5.82 Å². The number of benzene rings is 1. The molecule has 7 heteroatoms. The second-order valence-electron chi connectivity index (χ2n) is 9.28. The minimum atomic E-state index is 0.466. The summed E-state index contributed by atoms with van der Waals surface area (Å²) in [6, 6.07) is 8.37. The molecule has 1 aliphatic carbocycles. The van der Waals surface area contributed by atoms with Crippen LogP contribution in [0.1, 0.15) is 63.0 Å². The maximum Gasteiger partial charge on any atom is 0.224 e. The van der Waals surface area contributed by atoms with Crippen LogP contribution >= 0.6 is 0 Å². The molecule has 2 fully saturated rings. The Hall–Kier alpha value is -2.67. The smallest absolute Gasteiger partial charge is 0.224 e. The third-order valence-electron chi connectivity index (χ3n) is 6.79. The van der Waals surface area contributed by atoms with E-state index in [1.165, 1.54) is 37.8 Å². The van der Waals surface area contributed by atoms with Gasteiger partial charge >= 0.3 is 0 Å². The van der Waals surface area contributed by atoms with Crippen LogP contribution < -0.4 is 20.9 Å². The van der Waals surface area contributed by atoms with Gasteiger partial charge in [0.25, 0.3) is 0 Å². The number of hydrogen-bond acceptors (Lipinski definition) is 7. The van der Waals surface area contributed by atoms with Crippen molar-refractivity contribution < 1.29 is 0 Å². The highest BCUT2D eigenvalue weighted by Gasteiger charge is 2.18. The Balaban J connectivity index is 1.50. The van der Waals surface area contributed by atoms with Crippen LogP contribution in [0.15, 0.2) is 30.5 Å². The molecule has 2 aliphatic rings. The van der Waals surface area contributed by atoms with Gasteiger partial charge < -0.3 is 20.9 Å². The summed E-state index contributed by atoms with van der Waals surface area (Å²) in [5.74, 6) is 2.09. The largest absolute Gasteiger partial charge is 0.369 e. The summed E-state index contributed by atoms with van der Waals surface area (Å²) in [6.07, 6.45) is 10.6. The van der Waals surface area contributed by atoms with Gasteiger partial charge in [-0.3, -0.25) is 5.41 Å². The third-order valence-corrected chi connectivity index (χ3v) is 6.79. The van der Waals surface area contributed by atoms with Gasteiger partial charge in [-0.15, -0.1) is 0 Å². The van der Waals surface area contributed by atoms with Crippen LogP contribution in [0.25, 0.3) is 0 Å². The molecule has 4 N–H and O–H groups in total. The van der Waals surface area contributed by atoms with Crippen molar-refractivity contribution in [3.8, 4) is 0 Å². The Morgan fingerprint density at radius 3 is 2.58 bits per heavy atom. The summed E-state index contributed by atoms with van der Waals surface area (Å²) in [4.78, 5) is 11.7. The molecule has 1 saturated heterocycles. The molecule has 1 aromatic heterocycles. The Bertz CT molecular complexity index is 884. The quantitative estimate of drug-likeness (QED) is 0.315. The van der Waals surface area contributed by atoms with E-state index in [0.717, 1.165) is 69.1 Å². The molecule has 33 heavy (non-hydrogen) atoms. The summed E-state index contributed by atoms with van der Waals surface area (Å²) >= 11 is 0. The van der Waals surface area contributed by atoms with Crippen molar-refractivity contribution in [3.63, 3.8) is 0 Å². The molecular weight excluding hydrogens is 410 g/mol. The minimum absolute atomic E-state index is 0.466. The van der Waals surface area contributed by atoms with Crippen molar-refractivity contribution in [2.75, 3.05) is 54.8 Å². The van der Waals surface area contributed by atoms with E-state index in [4.69, 9.17) is 10.4 Å². The second kappa shape index (κ2) is 12.0. The average molecular weight is 450 g/mol. The molecule has 2 heterocycles. The number of nitrogens with zero attached hydrogens (tertiary/aromatic N) is 3. The zero-order valence-corrected chi connectivity index (χ0v) is 20.0. The van der Waals surface area contributed by atoms with E-state index < -0.39 is 0 Å². The van der Waals surface area contributed by atoms with E-state index in [0.29, 0.717) is 17.6 Å². The molecule has 0 radical (unpaired) electrons. The highest BCUT2D eigenvalue weighted by Crippen LogP contribution is 2.26. The molecule has 0 bridgehead atoms. The predicted molar refractivity (Wildman–Crippen MR) is 138 cm³/mol. The first-order valence-corrected chi connectivity index (χ1v) is 12.7. The maximum atomic E-state index is 8.92. The Morgan fingerprint density at radius 2 is 1.85 bits per heavy atom. The fourth-order valence-corrected chi connectivity index (χ4v) is 4.71. The van der Waals surface area contributed by atoms with E-state index in [1.54, 1.807) is 6.20 Å². The summed E-state index contributed by atoms with van der Waals surface area (Å²) in [5, 5.41) is 19.2. The second-order valence-corrected chi connectivity index (χ2v) is 9.28. The topological polar surface area (TPSA) is 89.0 Å². The number of hydrogen-bond donors (Lipinski definition) is 4. The lowest BCUT2D eigenvalue weighted by molar-refractivity contribution is 0.373. The Kier molecular flexibility index (Phi) is 8.53. The van der Waals surface area contributed by atoms with Gasteiger partial charge in [-0.1, -0.05) is 44.7 Å². The molecule has 0 atom stereocenters. The lowest BCUT2D eigenvalue weighted by atomic mass is 9.89. The van der Waals surface area contributed by atoms with Crippen LogP contribution in [0.3, 0.4) is 0 Å². The van der Waals surface area contributed by atoms with E-state index >= 15 is 0 Å². The molecular formula is C26H39N7. The number of piperazine rings is 1. The highest BCUT2D eigenvalue weighted by molar-refractivity contribution is 6.13. The normalized spacial score (nSPS) is 17.1. The standard InChI is InChI=1S/C26H39N7/c1-2-3-13-29-26-31-19-23(25(32-26)30-18-20-7-5-4-6-8-20)24(27)21-9-11-22(12-10-21)33-16-14-28-15-17-33/h9-12,19-20,27-28H,2-8,13-18H2,1H3,(H2,29,30,31,32). The van der Waals surface area contributed by atoms with Gasteiger partial charge in [-0.2, -0.15) is 4.98 Å². The fraction of sp³-hybridized carbons (Fsp3) is 0.577. The first kappa shape index (κ1) is 23.5. The van der Waals surface area contributed by atoms with Crippen molar-refractivity contribution in [2.24, 2.45) is 5.92 Å². The number of rotatable bonds is 10. The van der Waals surface area contributed by atoms with Crippen LogP contribution in [-0.4, -0.2) is 54.9 Å². The van der Waals surface area contributed by atoms with Gasteiger partial charge in [-0.25, -0.2) is 4.98 Å². The van der Waals surface area contributed by atoms with Crippen molar-refractivity contribution in [3.05, 3.63) is 41.6 Å². The van der Waals surface area contributed by atoms with Crippen molar-refractivity contribution >= 4 is 23.2 Å². The summed E-state index contributed by atoms with van der Waals surface area (Å²) in [7, 11) is 0. The molecule has 0 unspecified atom stereocenters. The molecule has 178 valence electrons. The molecule has 0 spiro atoms. The van der Waals surface area contributed by atoms with Crippen LogP contribution in [0.2, 0.25) is 0 Å². The molecule has 4 rings (SSSR count). The van der Waals surface area contributed by atoms with E-state index in [9.17, 15) is 0 Å². The van der Waals surface area contributed by atoms with Crippen LogP contribution in [0, 0.1) is 11.3 Å². The predicted octanol–water partition coefficient (Wildman–Crippen LogP) is 4.51. The minimum Gasteiger partial charge on any atom is -0.369 e. The number of anilines is 3. The van der Waals surface area contributed by atoms with Crippen LogP contribution in [0.5, 0.6) is 0 Å². The van der Waals surface area contributed by atoms with Crippen molar-refractivity contribution in [1.82, 2.24) is 15.3 Å². The average Bonchev–Trinajstić information content (AvgIpc) is 2.88. The molecule has 2 aromatic rings. The first-order valence-electron chi connectivity index (χ1n) is 12.7. The monoisotopic (exact) mass is 449 g/mol. The number of aromatic nitrogens is 2. The van der Waals surface area contributed by atoms with Gasteiger partial charge in [-0.05, 0) is 37.3 Å². The lowest BCUT2D eigenvalue weighted by Crippen LogP contribution is -2.43. The zero-order chi connectivity index (χ0) is 22.9. The molecule has 1 aliphatic heterocycles. The van der Waals surface area contributed by atoms with Crippen LogP contribution in [-0.2, 0) is 0 Å². The van der Waals surface area contributed by atoms with Crippen molar-refractivity contribution in [1.29, 1.82) is 5.41 Å². The Labute approximate surface area is 198 Å². The molecule has 1 aromatic carbocycles. The van der Waals surface area contributed by atoms with Gasteiger partial charge in [0, 0.05) is 56.7 Å². The fourth-order valence-electron chi connectivity index (χ4n) is 4.71. The van der Waals surface area contributed by atoms with E-state index in [1.807, 2.05) is 0 Å². The van der Waals surface area contributed by atoms with E-state index in [-0.39, 0.29) is 0 Å². The number of nitrogens with one attached hydrogen (secondary N) is 4. The molecule has 1 saturated carbocycles. The van der Waals surface area contributed by atoms with Gasteiger partial charge in [0.05, 0.1) is 11.3 Å². The SMILES string of the molecule is CCCCNc1ncc(C(=N)c2ccc(N3CCNCC3)cc2)c(NCC2CCCCC2)n1. The maximum absolute atomic E-state index is 8.92. The Morgan fingerprint density at radius 1 is 1.09 bits per heavy atom. The lowest BCUT2D eigenvalue weighted by Gasteiger charge is -2.29. The van der Waals surface area contributed by atoms with Crippen molar-refractivity contribution in [2.45, 2.75) is 51.9 Å². The highest BCUT2D eigenvalue weighted by atomic mass is 15.2. The summed E-state index contributed by atoms with van der Waals surface area (Å²) < 4.78 is 0. The van der Waals surface area contributed by atoms with Gasteiger partial charge in [0.2, 0.25) is 5.95 Å². The molecule has 7 nitrogen and oxygen atoms in total. The first-order chi connectivity index (χ1) is 16.2. The number of unbranched alkanes of at least 4 members (excludes halogenated alkanes) is 1. The van der Waals surface area contributed by atoms with E-state index in [2.05, 4.69) is 57.0 Å².